The number of carbonyl (C=O) groups excluding carboxylic acids is 14. The minimum Gasteiger partial charge on any atom is -0.463 e. The number of likely N-dealkylation sites (tertiary alicyclic amines) is 1. The Kier molecular flexibility index (Phi) is 53.8. The molecule has 33 nitrogen and oxygen atoms in total. The van der Waals surface area contributed by atoms with Gasteiger partial charge in [0.15, 0.2) is 30.9 Å². The molecule has 5 N–H and O–H groups in total. The molecule has 5 fully saturated rings. The van der Waals surface area contributed by atoms with Crippen molar-refractivity contribution >= 4 is 82.6 Å². The summed E-state index contributed by atoms with van der Waals surface area (Å²) in [7, 11) is 0. The summed E-state index contributed by atoms with van der Waals surface area (Å²) < 4.78 is 84.7. The number of unbranched alkanes of at least 4 members (excludes halogenated alkanes) is 8. The number of ether oxygens (including phenoxy) is 13. The second kappa shape index (κ2) is 62.6. The molecule has 0 radical (unpaired) electrons. The van der Waals surface area contributed by atoms with Crippen molar-refractivity contribution < 1.29 is 130 Å². The van der Waals surface area contributed by atoms with Gasteiger partial charge in [0.05, 0.1) is 43.4 Å². The van der Waals surface area contributed by atoms with Gasteiger partial charge in [-0.25, -0.2) is 0 Å². The molecule has 0 aromatic carbocycles. The Morgan fingerprint density at radius 3 is 1.11 bits per heavy atom. The normalized spacial score (nSPS) is 27.8. The van der Waals surface area contributed by atoms with E-state index in [-0.39, 0.29) is 279 Å². The summed E-state index contributed by atoms with van der Waals surface area (Å²) in [6.07, 6.45) is 5.40. The van der Waals surface area contributed by atoms with Gasteiger partial charge in [-0.15, -0.1) is 0 Å². The van der Waals surface area contributed by atoms with Crippen LogP contribution in [0.1, 0.15) is 312 Å². The molecular formula is C99H168N6O27. The first-order chi connectivity index (χ1) is 63.3. The quantitative estimate of drug-likeness (QED) is 0.0214. The van der Waals surface area contributed by atoms with Gasteiger partial charge in [0, 0.05) is 181 Å². The number of rotatable bonds is 64. The lowest BCUT2D eigenvalue weighted by Crippen LogP contribution is -2.47. The van der Waals surface area contributed by atoms with Crippen LogP contribution in [-0.4, -0.2) is 241 Å². The number of ketones is 3. The monoisotopic (exact) mass is 1870 g/mol. The van der Waals surface area contributed by atoms with E-state index in [4.69, 9.17) is 62.9 Å². The van der Waals surface area contributed by atoms with Crippen molar-refractivity contribution in [2.45, 2.75) is 379 Å². The van der Waals surface area contributed by atoms with Crippen LogP contribution in [0.3, 0.4) is 0 Å². The van der Waals surface area contributed by atoms with Crippen LogP contribution in [0, 0.1) is 82.9 Å². The summed E-state index contributed by atoms with van der Waals surface area (Å²) in [4.78, 5) is 184. The second-order valence-corrected chi connectivity index (χ2v) is 38.4. The number of hydrogen-bond donors (Lipinski definition) is 5. The first-order valence-electron chi connectivity index (χ1n) is 50.3. The smallest absolute Gasteiger partial charge is 0.306 e. The lowest BCUT2D eigenvalue weighted by molar-refractivity contribution is -0.255. The topological polar surface area (TPSA) is 422 Å². The summed E-state index contributed by atoms with van der Waals surface area (Å²) in [6, 6.07) is -1.49. The molecule has 5 aliphatic heterocycles. The molecule has 0 bridgehead atoms. The zero-order valence-electron chi connectivity index (χ0n) is 83.8. The molecule has 0 aromatic heterocycles. The largest absolute Gasteiger partial charge is 0.463 e. The summed E-state index contributed by atoms with van der Waals surface area (Å²) in [5, 5.41) is 15.0. The zero-order chi connectivity index (χ0) is 98.2. The summed E-state index contributed by atoms with van der Waals surface area (Å²) in [5.74, 6) is -4.26. The fourth-order valence-corrected chi connectivity index (χ4v) is 17.8. The highest BCUT2D eigenvalue weighted by Gasteiger charge is 2.45. The van der Waals surface area contributed by atoms with E-state index in [0.717, 1.165) is 0 Å². The molecule has 6 amide bonds. The average molecular weight is 1880 g/mol. The summed E-state index contributed by atoms with van der Waals surface area (Å²) in [5.41, 5.74) is 0. The molecule has 33 heteroatoms. The Bertz CT molecular complexity index is 3560. The van der Waals surface area contributed by atoms with Crippen molar-refractivity contribution in [1.29, 1.82) is 0 Å². The Labute approximate surface area is 787 Å². The molecule has 25 atom stereocenters. The Morgan fingerprint density at radius 1 is 0.364 bits per heavy atom. The fourth-order valence-electron chi connectivity index (χ4n) is 17.8. The number of amides is 6. The van der Waals surface area contributed by atoms with E-state index in [0.29, 0.717) is 142 Å². The van der Waals surface area contributed by atoms with Crippen LogP contribution in [0.15, 0.2) is 0 Å². The van der Waals surface area contributed by atoms with Crippen molar-refractivity contribution in [2.24, 2.45) is 82.9 Å². The van der Waals surface area contributed by atoms with Gasteiger partial charge in [-0.05, 0) is 164 Å². The molecule has 0 aromatic rings. The Morgan fingerprint density at radius 2 is 0.720 bits per heavy atom. The third kappa shape index (κ3) is 43.1. The molecule has 756 valence electrons. The van der Waals surface area contributed by atoms with Crippen molar-refractivity contribution in [3.05, 3.63) is 0 Å². The van der Waals surface area contributed by atoms with Gasteiger partial charge in [0.1, 0.15) is 44.1 Å². The maximum absolute atomic E-state index is 15.0. The number of hydrogen-bond acceptors (Lipinski definition) is 27. The molecule has 0 aliphatic carbocycles. The lowest BCUT2D eigenvalue weighted by atomic mass is 9.79. The van der Waals surface area contributed by atoms with E-state index >= 15 is 0 Å². The highest BCUT2D eigenvalue weighted by molar-refractivity contribution is 5.92. The first kappa shape index (κ1) is 114. The van der Waals surface area contributed by atoms with Crippen LogP contribution in [-0.2, 0) is 129 Å². The van der Waals surface area contributed by atoms with Crippen LogP contribution >= 0.6 is 0 Å². The third-order valence-corrected chi connectivity index (χ3v) is 28.1. The van der Waals surface area contributed by atoms with Gasteiger partial charge in [-0.2, -0.15) is 0 Å². The number of esters is 5. The van der Waals surface area contributed by atoms with Crippen molar-refractivity contribution in [3.8, 4) is 0 Å². The SMILES string of the molecule is [2H]C[C@@H]1C[C@@H](OC(=O)CCC(C)=O)CN1C(=O)CCCCCNC(=O)C(CCCCNC(=O)C(CCCCNC(=O)CCCCO[C@@H]1OC(COC(C)=O)[C@H](C)[C@H](C)C1C)CC(=O)CCCCO[C@@H]1OC(COC(C)=O)[C@H](C)[C@H](C)C1C)CC(=O)C(CCCNC(=O)CCCCO[C@@H]1OC(COC(C)=O)[C@H](C)[C@H](C)C1C)NC(=O)CCCCO[C@@H]1OC(COC(C)=O)[C@H](C)[C@H](C)C1C. The molecule has 11 unspecified atom stereocenters. The van der Waals surface area contributed by atoms with E-state index in [9.17, 15) is 67.1 Å². The van der Waals surface area contributed by atoms with E-state index < -0.39 is 90.7 Å². The highest BCUT2D eigenvalue weighted by atomic mass is 16.7. The van der Waals surface area contributed by atoms with Gasteiger partial charge >= 0.3 is 29.8 Å². The lowest BCUT2D eigenvalue weighted by Gasteiger charge is -2.43. The number of Topliss-reactive ketones (excluding diaryl/α,β-unsaturated/α-hetero) is 3. The van der Waals surface area contributed by atoms with Crippen LogP contribution in [0.25, 0.3) is 0 Å². The second-order valence-electron chi connectivity index (χ2n) is 38.4. The van der Waals surface area contributed by atoms with Gasteiger partial charge in [0.25, 0.3) is 0 Å². The maximum atomic E-state index is 15.0. The number of carbonyl (C=O) groups is 14. The predicted molar refractivity (Wildman–Crippen MR) is 492 cm³/mol. The van der Waals surface area contributed by atoms with E-state index in [1.165, 1.54) is 34.6 Å². The van der Waals surface area contributed by atoms with Crippen LogP contribution < -0.4 is 26.6 Å². The van der Waals surface area contributed by atoms with Gasteiger partial charge < -0.3 is 97.9 Å². The summed E-state index contributed by atoms with van der Waals surface area (Å²) in [6.45, 7) is 34.7. The Hall–Kier alpha value is -7.14. The van der Waals surface area contributed by atoms with Crippen molar-refractivity contribution in [1.82, 2.24) is 31.5 Å². The first-order valence-corrected chi connectivity index (χ1v) is 49.6. The van der Waals surface area contributed by atoms with E-state index in [2.05, 4.69) is 103 Å². The van der Waals surface area contributed by atoms with Crippen LogP contribution in [0.5, 0.6) is 0 Å². The molecule has 5 heterocycles. The zero-order valence-corrected chi connectivity index (χ0v) is 82.8. The number of nitrogens with zero attached hydrogens (tertiary/aromatic N) is 1. The average Bonchev–Trinajstić information content (AvgIpc) is 1.56. The number of nitrogens with one attached hydrogen (secondary N) is 5. The van der Waals surface area contributed by atoms with Gasteiger partial charge in [-0.3, -0.25) is 62.3 Å². The molecule has 132 heavy (non-hydrogen) atoms. The molecule has 5 aliphatic rings. The maximum Gasteiger partial charge on any atom is 0.306 e. The molecule has 0 spiro atoms. The van der Waals surface area contributed by atoms with E-state index in [1.54, 1.807) is 4.90 Å². The Balaban J connectivity index is 1.26. The third-order valence-electron chi connectivity index (χ3n) is 28.1. The van der Waals surface area contributed by atoms with Crippen molar-refractivity contribution in [2.75, 3.05) is 85.6 Å². The minimum absolute atomic E-state index is 0.0224. The van der Waals surface area contributed by atoms with Crippen LogP contribution in [0.4, 0.5) is 0 Å². The standard InChI is InChI=1S/C99H168N6O27/c1-61-53-82(128-93(117)44-43-62(2)106)56-105(61)92(116)42-20-19-27-46-102-95(119)80(55-84(112)83(104-91(115)41-26-33-52-123-99-74(14)66(6)70(10)88(132-99)60-127-78(18)110)38-34-48-101-90(114)40-25-32-51-122-98-73(13)65(5)69(9)87(131-98)59-126-77(17)109)36-22-29-47-103-94(118)79(54-81(111)37-23-30-49-120-96-71(11)63(3)67(7)85(129-96)57-124-75(15)107)35-21-28-45-100-89(113)39-24-31-50-121-97-72(12)64(4)68(8)86(130-97)58-125-76(16)108/h61,63-74,79-80,82-83,85-88,96-99H,19-60H2,1-18H3,(H,100,113)(H,101,114)(H,102,119)(H,103,118)(H,104,115)/t61-,63+,64+,65+,66+,67-,68-,69-,70-,71?,72?,73?,74?,79?,80?,82-,83?,85?,86?,87?,88?,96-,97-,98-,99-/m1/s1/i1D. The molecule has 0 saturated carbocycles. The van der Waals surface area contributed by atoms with Crippen molar-refractivity contribution in [3.63, 3.8) is 0 Å². The fraction of sp³-hybridized carbons (Fsp3) is 0.859. The van der Waals surface area contributed by atoms with Crippen LogP contribution in [0.2, 0.25) is 0 Å². The molecule has 5 rings (SSSR count). The predicted octanol–water partition coefficient (Wildman–Crippen LogP) is 12.2. The highest BCUT2D eigenvalue weighted by Crippen LogP contribution is 2.40. The van der Waals surface area contributed by atoms with Gasteiger partial charge in [-0.1, -0.05) is 102 Å². The molecule has 5 saturated heterocycles. The summed E-state index contributed by atoms with van der Waals surface area (Å²) >= 11 is 0. The van der Waals surface area contributed by atoms with Gasteiger partial charge in [0.2, 0.25) is 35.4 Å². The van der Waals surface area contributed by atoms with E-state index in [1.807, 2.05) is 6.92 Å². The minimum atomic E-state index is -1.05. The molecular weight excluding hydrogens is 1710 g/mol.